The second kappa shape index (κ2) is 13.0. The van der Waals surface area contributed by atoms with Gasteiger partial charge in [-0.3, -0.25) is 4.79 Å². The molecule has 0 spiro atoms. The highest BCUT2D eigenvalue weighted by atomic mass is 19.4. The van der Waals surface area contributed by atoms with Crippen molar-refractivity contribution in [2.75, 3.05) is 24.3 Å². The number of aliphatic carboxylic acids is 1. The van der Waals surface area contributed by atoms with Crippen molar-refractivity contribution in [3.05, 3.63) is 29.8 Å². The first-order chi connectivity index (χ1) is 17.7. The molecule has 0 unspecified atom stereocenters. The van der Waals surface area contributed by atoms with Crippen LogP contribution in [0.2, 0.25) is 0 Å². The van der Waals surface area contributed by atoms with Gasteiger partial charge in [0.25, 0.3) is 5.91 Å². The Morgan fingerprint density at radius 3 is 2.21 bits per heavy atom. The molecular formula is C21H25F6N7O4. The monoisotopic (exact) mass is 553 g/mol. The number of hydrogen-bond acceptors (Lipinski definition) is 9. The molecule has 11 nitrogen and oxygen atoms in total. The summed E-state index contributed by atoms with van der Waals surface area (Å²) < 4.78 is 74.7. The second-order valence-corrected chi connectivity index (χ2v) is 8.04. The molecule has 1 saturated carbocycles. The lowest BCUT2D eigenvalue weighted by Gasteiger charge is -2.29. The number of carboxylic acid groups (broad SMARTS) is 1. The average molecular weight is 553 g/mol. The Bertz CT molecular complexity index is 1090. The van der Waals surface area contributed by atoms with E-state index >= 15 is 0 Å². The molecule has 1 amide bonds. The highest BCUT2D eigenvalue weighted by Gasteiger charge is 2.38. The van der Waals surface area contributed by atoms with E-state index in [9.17, 15) is 31.1 Å². The number of nitrogens with one attached hydrogen (secondary N) is 3. The molecule has 210 valence electrons. The number of anilines is 2. The van der Waals surface area contributed by atoms with Gasteiger partial charge in [0.2, 0.25) is 17.7 Å². The van der Waals surface area contributed by atoms with Gasteiger partial charge in [-0.05, 0) is 32.6 Å². The van der Waals surface area contributed by atoms with Crippen LogP contribution in [0.1, 0.15) is 37.1 Å². The fourth-order valence-corrected chi connectivity index (χ4v) is 3.30. The molecule has 2 heterocycles. The van der Waals surface area contributed by atoms with E-state index in [4.69, 9.17) is 14.6 Å². The number of carbonyl (C=O) groups is 2. The number of ether oxygens (including phenoxy) is 1. The van der Waals surface area contributed by atoms with Crippen LogP contribution >= 0.6 is 0 Å². The summed E-state index contributed by atoms with van der Waals surface area (Å²) in [6.45, 7) is 1.50. The van der Waals surface area contributed by atoms with Crippen molar-refractivity contribution >= 4 is 23.6 Å². The molecule has 1 aliphatic carbocycles. The topological polar surface area (TPSA) is 151 Å². The van der Waals surface area contributed by atoms with Crippen LogP contribution in [0.15, 0.2) is 18.5 Å². The number of carbonyl (C=O) groups excluding carboxylic acids is 1. The molecule has 0 saturated heterocycles. The van der Waals surface area contributed by atoms with Gasteiger partial charge in [-0.25, -0.2) is 14.8 Å². The van der Waals surface area contributed by atoms with E-state index in [1.807, 2.05) is 6.92 Å². The quantitative estimate of drug-likeness (QED) is 0.376. The van der Waals surface area contributed by atoms with Gasteiger partial charge >= 0.3 is 18.3 Å². The lowest BCUT2D eigenvalue weighted by molar-refractivity contribution is -0.192. The van der Waals surface area contributed by atoms with Crippen LogP contribution in [0, 0.1) is 6.92 Å². The number of aryl methyl sites for hydroxylation is 1. The summed E-state index contributed by atoms with van der Waals surface area (Å²) >= 11 is 0. The van der Waals surface area contributed by atoms with E-state index in [2.05, 4.69) is 35.9 Å². The summed E-state index contributed by atoms with van der Waals surface area (Å²) in [5.41, 5.74) is 0.957. The third-order valence-corrected chi connectivity index (χ3v) is 5.11. The van der Waals surface area contributed by atoms with Crippen molar-refractivity contribution in [3.63, 3.8) is 0 Å². The van der Waals surface area contributed by atoms with Crippen LogP contribution < -0.4 is 20.7 Å². The van der Waals surface area contributed by atoms with Crippen molar-refractivity contribution in [2.45, 2.75) is 57.0 Å². The van der Waals surface area contributed by atoms with Gasteiger partial charge in [-0.2, -0.15) is 36.3 Å². The van der Waals surface area contributed by atoms with Gasteiger partial charge < -0.3 is 25.8 Å². The number of halogens is 6. The van der Waals surface area contributed by atoms with Crippen molar-refractivity contribution in [1.82, 2.24) is 25.3 Å². The Morgan fingerprint density at radius 2 is 1.66 bits per heavy atom. The van der Waals surface area contributed by atoms with E-state index < -0.39 is 36.7 Å². The average Bonchev–Trinajstić information content (AvgIpc) is 2.84. The number of aromatic nitrogens is 4. The Hall–Kier alpha value is -3.92. The summed E-state index contributed by atoms with van der Waals surface area (Å²) in [6.07, 6.45) is -3.93. The summed E-state index contributed by atoms with van der Waals surface area (Å²) in [4.78, 5) is 36.1. The first kappa shape index (κ1) is 30.3. The zero-order valence-corrected chi connectivity index (χ0v) is 20.2. The maximum Gasteiger partial charge on any atom is 0.490 e. The van der Waals surface area contributed by atoms with Crippen LogP contribution in [0.5, 0.6) is 5.88 Å². The minimum atomic E-state index is -5.08. The van der Waals surface area contributed by atoms with E-state index in [1.54, 1.807) is 13.2 Å². The third kappa shape index (κ3) is 9.85. The fourth-order valence-electron chi connectivity index (χ4n) is 3.30. The summed E-state index contributed by atoms with van der Waals surface area (Å²) in [5.74, 6) is -3.46. The molecule has 0 bridgehead atoms. The smallest absolute Gasteiger partial charge is 0.475 e. The lowest BCUT2D eigenvalue weighted by Crippen LogP contribution is -2.42. The van der Waals surface area contributed by atoms with Crippen LogP contribution in [-0.4, -0.2) is 68.8 Å². The van der Waals surface area contributed by atoms with Crippen molar-refractivity contribution < 1.29 is 45.8 Å². The highest BCUT2D eigenvalue weighted by molar-refractivity contribution is 5.77. The van der Waals surface area contributed by atoms with Gasteiger partial charge in [0.15, 0.2) is 6.61 Å². The molecule has 17 heteroatoms. The second-order valence-electron chi connectivity index (χ2n) is 8.04. The van der Waals surface area contributed by atoms with Gasteiger partial charge in [0.05, 0.1) is 0 Å². The van der Waals surface area contributed by atoms with E-state index in [1.165, 1.54) is 6.07 Å². The number of rotatable bonds is 7. The first-order valence-electron chi connectivity index (χ1n) is 11.1. The fraction of sp³-hybridized carbons (Fsp3) is 0.524. The van der Waals surface area contributed by atoms with Gasteiger partial charge in [-0.1, -0.05) is 0 Å². The van der Waals surface area contributed by atoms with Crippen LogP contribution in [0.4, 0.5) is 38.1 Å². The molecule has 0 aliphatic heterocycles. The third-order valence-electron chi connectivity index (χ3n) is 5.11. The molecule has 2 aromatic rings. The zero-order chi connectivity index (χ0) is 28.5. The van der Waals surface area contributed by atoms with Crippen molar-refractivity contribution in [1.29, 1.82) is 0 Å². The normalized spacial score (nSPS) is 17.5. The SMILES string of the molecule is CNc1nc(NC2CCC(NC(=O)COc3ccnc(C(F)(F)F)n3)CC2)ncc1C.O=C(O)C(F)(F)F. The van der Waals surface area contributed by atoms with Crippen LogP contribution in [0.25, 0.3) is 0 Å². The number of hydrogen-bond donors (Lipinski definition) is 4. The highest BCUT2D eigenvalue weighted by Crippen LogP contribution is 2.27. The standard InChI is InChI=1S/C19H24F3N7O2.C2HF3O2/c1-11-9-25-18(29-16(11)23-2)27-13-5-3-12(4-6-13)26-14(30)10-31-15-7-8-24-17(28-15)19(20,21)22;3-2(4,5)1(6)7/h7-9,12-13H,3-6,10H2,1-2H3,(H,26,30)(H2,23,25,27,29);(H,6,7). The first-order valence-corrected chi connectivity index (χ1v) is 11.1. The lowest BCUT2D eigenvalue weighted by atomic mass is 9.91. The van der Waals surface area contributed by atoms with Gasteiger partial charge in [0.1, 0.15) is 5.82 Å². The molecule has 4 N–H and O–H groups in total. The molecular weight excluding hydrogens is 528 g/mol. The molecule has 1 fully saturated rings. The van der Waals surface area contributed by atoms with E-state index in [-0.39, 0.29) is 18.0 Å². The van der Waals surface area contributed by atoms with Crippen molar-refractivity contribution in [2.24, 2.45) is 0 Å². The number of amides is 1. The minimum absolute atomic E-state index is 0.0305. The van der Waals surface area contributed by atoms with Crippen LogP contribution in [0.3, 0.4) is 0 Å². The number of alkyl halides is 6. The summed E-state index contributed by atoms with van der Waals surface area (Å²) in [5, 5.41) is 16.3. The van der Waals surface area contributed by atoms with Crippen LogP contribution in [-0.2, 0) is 15.8 Å². The molecule has 0 aromatic carbocycles. The molecule has 2 aromatic heterocycles. The molecule has 0 atom stereocenters. The Kier molecular flexibility index (Phi) is 10.4. The molecule has 0 radical (unpaired) electrons. The maximum absolute atomic E-state index is 12.6. The van der Waals surface area contributed by atoms with Gasteiger partial charge in [0, 0.05) is 43.2 Å². The van der Waals surface area contributed by atoms with E-state index in [0.29, 0.717) is 5.95 Å². The predicted octanol–water partition coefficient (Wildman–Crippen LogP) is 3.19. The van der Waals surface area contributed by atoms with E-state index in [0.717, 1.165) is 43.3 Å². The Labute approximate surface area is 212 Å². The largest absolute Gasteiger partial charge is 0.490 e. The molecule has 38 heavy (non-hydrogen) atoms. The number of nitrogens with zero attached hydrogens (tertiary/aromatic N) is 4. The summed E-state index contributed by atoms with van der Waals surface area (Å²) in [7, 11) is 1.80. The minimum Gasteiger partial charge on any atom is -0.475 e. The van der Waals surface area contributed by atoms with Gasteiger partial charge in [-0.15, -0.1) is 0 Å². The molecule has 3 rings (SSSR count). The maximum atomic E-state index is 12.6. The summed E-state index contributed by atoms with van der Waals surface area (Å²) in [6, 6.07) is 1.34. The Morgan fingerprint density at radius 1 is 1.05 bits per heavy atom. The number of carboxylic acids is 1. The zero-order valence-electron chi connectivity index (χ0n) is 20.2. The van der Waals surface area contributed by atoms with Crippen molar-refractivity contribution in [3.8, 4) is 5.88 Å². The predicted molar refractivity (Wildman–Crippen MR) is 120 cm³/mol. The molecule has 1 aliphatic rings. The Balaban J connectivity index is 0.000000638.